The largest absolute Gasteiger partial charge is 0.300 e. The molecule has 1 heteroatoms. The molecule has 0 spiro atoms. The zero-order valence-electron chi connectivity index (χ0n) is 7.93. The smallest absolute Gasteiger partial charge is 0.00966 e. The van der Waals surface area contributed by atoms with Gasteiger partial charge in [0.1, 0.15) is 0 Å². The summed E-state index contributed by atoms with van der Waals surface area (Å²) >= 11 is 0. The lowest BCUT2D eigenvalue weighted by Gasteiger charge is -2.46. The highest BCUT2D eigenvalue weighted by Gasteiger charge is 2.42. The van der Waals surface area contributed by atoms with Crippen LogP contribution >= 0.6 is 0 Å². The molecule has 0 amide bonds. The monoisotopic (exact) mass is 153 g/mol. The molecule has 0 radical (unpaired) electrons. The van der Waals surface area contributed by atoms with Crippen molar-refractivity contribution in [2.75, 3.05) is 13.1 Å². The maximum absolute atomic E-state index is 2.65. The molecule has 0 aromatic rings. The molecule has 64 valence electrons. The molecule has 2 aliphatic rings. The van der Waals surface area contributed by atoms with Crippen LogP contribution in [0.1, 0.15) is 33.6 Å². The van der Waals surface area contributed by atoms with Crippen molar-refractivity contribution in [3.05, 3.63) is 0 Å². The Morgan fingerprint density at radius 2 is 1.64 bits per heavy atom. The molecule has 0 unspecified atom stereocenters. The van der Waals surface area contributed by atoms with E-state index < -0.39 is 0 Å². The Hall–Kier alpha value is -0.0400. The van der Waals surface area contributed by atoms with Crippen molar-refractivity contribution in [2.45, 2.75) is 39.7 Å². The van der Waals surface area contributed by atoms with Gasteiger partial charge in [-0.15, -0.1) is 0 Å². The summed E-state index contributed by atoms with van der Waals surface area (Å²) in [5, 5.41) is 0. The van der Waals surface area contributed by atoms with Crippen LogP contribution in [0.2, 0.25) is 0 Å². The normalized spacial score (nSPS) is 28.6. The molecule has 1 heterocycles. The van der Waals surface area contributed by atoms with Gasteiger partial charge in [0.25, 0.3) is 0 Å². The van der Waals surface area contributed by atoms with Crippen LogP contribution in [0.4, 0.5) is 0 Å². The van der Waals surface area contributed by atoms with E-state index in [9.17, 15) is 0 Å². The van der Waals surface area contributed by atoms with Crippen molar-refractivity contribution in [1.82, 2.24) is 4.90 Å². The zero-order chi connectivity index (χ0) is 8.06. The van der Waals surface area contributed by atoms with Crippen molar-refractivity contribution in [3.8, 4) is 0 Å². The summed E-state index contributed by atoms with van der Waals surface area (Å²) < 4.78 is 0. The lowest BCUT2D eigenvalue weighted by atomic mass is 9.76. The van der Waals surface area contributed by atoms with Crippen LogP contribution in [0.3, 0.4) is 0 Å². The minimum Gasteiger partial charge on any atom is -0.300 e. The first-order chi connectivity index (χ1) is 5.07. The van der Waals surface area contributed by atoms with Gasteiger partial charge in [-0.05, 0) is 24.2 Å². The van der Waals surface area contributed by atoms with Crippen LogP contribution in [0.25, 0.3) is 0 Å². The highest BCUT2D eigenvalue weighted by atomic mass is 15.2. The van der Waals surface area contributed by atoms with Gasteiger partial charge >= 0.3 is 0 Å². The van der Waals surface area contributed by atoms with E-state index in [2.05, 4.69) is 25.7 Å². The third-order valence-electron chi connectivity index (χ3n) is 3.20. The predicted molar refractivity (Wildman–Crippen MR) is 47.5 cm³/mol. The number of rotatable bonds is 1. The topological polar surface area (TPSA) is 3.24 Å². The molecule has 0 aromatic carbocycles. The van der Waals surface area contributed by atoms with Gasteiger partial charge in [-0.3, -0.25) is 4.90 Å². The van der Waals surface area contributed by atoms with Crippen molar-refractivity contribution < 1.29 is 0 Å². The van der Waals surface area contributed by atoms with Crippen LogP contribution in [0, 0.1) is 11.3 Å². The standard InChI is InChI=1S/C10H19N/c1-10(2,3)8-6-11(7-8)9-4-5-9/h8-9H,4-7H2,1-3H3. The van der Waals surface area contributed by atoms with Crippen molar-refractivity contribution in [1.29, 1.82) is 0 Å². The van der Waals surface area contributed by atoms with Gasteiger partial charge in [0.2, 0.25) is 0 Å². The fourth-order valence-electron chi connectivity index (χ4n) is 1.80. The highest BCUT2D eigenvalue weighted by Crippen LogP contribution is 2.39. The van der Waals surface area contributed by atoms with Crippen LogP contribution in [0.15, 0.2) is 0 Å². The molecular formula is C10H19N. The summed E-state index contributed by atoms with van der Waals surface area (Å²) in [7, 11) is 0. The molecule has 11 heavy (non-hydrogen) atoms. The molecule has 1 aliphatic carbocycles. The first-order valence-corrected chi connectivity index (χ1v) is 4.81. The second kappa shape index (κ2) is 2.22. The maximum atomic E-state index is 2.65. The molecule has 1 aliphatic heterocycles. The molecule has 1 saturated heterocycles. The molecule has 0 N–H and O–H groups in total. The SMILES string of the molecule is CC(C)(C)C1CN(C2CC2)C1. The van der Waals surface area contributed by atoms with Gasteiger partial charge in [-0.2, -0.15) is 0 Å². The van der Waals surface area contributed by atoms with E-state index in [-0.39, 0.29) is 0 Å². The minimum absolute atomic E-state index is 0.547. The van der Waals surface area contributed by atoms with E-state index >= 15 is 0 Å². The van der Waals surface area contributed by atoms with Crippen molar-refractivity contribution in [3.63, 3.8) is 0 Å². The molecule has 2 fully saturated rings. The van der Waals surface area contributed by atoms with Crippen LogP contribution < -0.4 is 0 Å². The Morgan fingerprint density at radius 1 is 1.09 bits per heavy atom. The Bertz CT molecular complexity index is 147. The van der Waals surface area contributed by atoms with Gasteiger partial charge in [0, 0.05) is 19.1 Å². The van der Waals surface area contributed by atoms with Gasteiger partial charge in [0.05, 0.1) is 0 Å². The zero-order valence-corrected chi connectivity index (χ0v) is 7.93. The number of hydrogen-bond donors (Lipinski definition) is 0. The minimum atomic E-state index is 0.547. The Balaban J connectivity index is 1.78. The second-order valence-electron chi connectivity index (χ2n) is 5.25. The Morgan fingerprint density at radius 3 is 2.00 bits per heavy atom. The van der Waals surface area contributed by atoms with E-state index in [1.807, 2.05) is 0 Å². The molecular weight excluding hydrogens is 134 g/mol. The Labute approximate surface area is 69.8 Å². The quantitative estimate of drug-likeness (QED) is 0.558. The lowest BCUT2D eigenvalue weighted by molar-refractivity contribution is 0.0187. The van der Waals surface area contributed by atoms with Crippen LogP contribution in [-0.4, -0.2) is 24.0 Å². The second-order valence-corrected chi connectivity index (χ2v) is 5.25. The number of hydrogen-bond acceptors (Lipinski definition) is 1. The van der Waals surface area contributed by atoms with Crippen LogP contribution in [0.5, 0.6) is 0 Å². The fraction of sp³-hybridized carbons (Fsp3) is 1.00. The predicted octanol–water partition coefficient (Wildman–Crippen LogP) is 2.13. The maximum Gasteiger partial charge on any atom is 0.00966 e. The Kier molecular flexibility index (Phi) is 1.54. The molecule has 0 bridgehead atoms. The van der Waals surface area contributed by atoms with Gasteiger partial charge in [0.15, 0.2) is 0 Å². The third kappa shape index (κ3) is 1.44. The van der Waals surface area contributed by atoms with E-state index in [1.165, 1.54) is 25.9 Å². The summed E-state index contributed by atoms with van der Waals surface area (Å²) in [6.07, 6.45) is 2.94. The fourth-order valence-corrected chi connectivity index (χ4v) is 1.80. The summed E-state index contributed by atoms with van der Waals surface area (Å²) in [6, 6.07) is 0.994. The summed E-state index contributed by atoms with van der Waals surface area (Å²) in [6.45, 7) is 9.83. The summed E-state index contributed by atoms with van der Waals surface area (Å²) in [4.78, 5) is 2.65. The van der Waals surface area contributed by atoms with Gasteiger partial charge in [-0.25, -0.2) is 0 Å². The average molecular weight is 153 g/mol. The van der Waals surface area contributed by atoms with Crippen molar-refractivity contribution >= 4 is 0 Å². The third-order valence-corrected chi connectivity index (χ3v) is 3.20. The molecule has 0 aromatic heterocycles. The van der Waals surface area contributed by atoms with Crippen LogP contribution in [-0.2, 0) is 0 Å². The number of likely N-dealkylation sites (tertiary alicyclic amines) is 1. The van der Waals surface area contributed by atoms with E-state index in [0.717, 1.165) is 12.0 Å². The van der Waals surface area contributed by atoms with Gasteiger partial charge in [-0.1, -0.05) is 20.8 Å². The lowest BCUT2D eigenvalue weighted by Crippen LogP contribution is -2.52. The summed E-state index contributed by atoms with van der Waals surface area (Å²) in [5.41, 5.74) is 0.547. The van der Waals surface area contributed by atoms with Crippen molar-refractivity contribution in [2.24, 2.45) is 11.3 Å². The molecule has 0 atom stereocenters. The number of nitrogens with zero attached hydrogens (tertiary/aromatic N) is 1. The highest BCUT2D eigenvalue weighted by molar-refractivity contribution is 4.96. The molecule has 1 nitrogen and oxygen atoms in total. The average Bonchev–Trinajstić information content (AvgIpc) is 2.38. The molecule has 2 rings (SSSR count). The van der Waals surface area contributed by atoms with E-state index in [4.69, 9.17) is 0 Å². The first-order valence-electron chi connectivity index (χ1n) is 4.81. The van der Waals surface area contributed by atoms with E-state index in [0.29, 0.717) is 5.41 Å². The first kappa shape index (κ1) is 7.60. The van der Waals surface area contributed by atoms with Gasteiger partial charge < -0.3 is 0 Å². The molecule has 1 saturated carbocycles. The van der Waals surface area contributed by atoms with E-state index in [1.54, 1.807) is 0 Å². The summed E-state index contributed by atoms with van der Waals surface area (Å²) in [5.74, 6) is 0.961.